The van der Waals surface area contributed by atoms with Gasteiger partial charge in [-0.15, -0.1) is 0 Å². The summed E-state index contributed by atoms with van der Waals surface area (Å²) in [5.41, 5.74) is 0.592. The van der Waals surface area contributed by atoms with Gasteiger partial charge in [-0.05, 0) is 18.4 Å². The van der Waals surface area contributed by atoms with Crippen molar-refractivity contribution in [3.05, 3.63) is 23.2 Å². The third kappa shape index (κ3) is 5.72. The van der Waals surface area contributed by atoms with Gasteiger partial charge >= 0.3 is 0 Å². The highest BCUT2D eigenvalue weighted by Gasteiger charge is 2.11. The number of benzene rings is 1. The van der Waals surface area contributed by atoms with E-state index in [1.165, 1.54) is 0 Å². The van der Waals surface area contributed by atoms with Crippen LogP contribution < -0.4 is 10.1 Å². The fraction of sp³-hybridized carbons (Fsp3) is 0.462. The molecule has 0 saturated heterocycles. The maximum Gasteiger partial charge on any atom is 0.225 e. The zero-order valence-corrected chi connectivity index (χ0v) is 12.6. The molecule has 6 heteroatoms. The first kappa shape index (κ1) is 16.1. The number of rotatable bonds is 8. The van der Waals surface area contributed by atoms with Crippen molar-refractivity contribution in [3.63, 3.8) is 0 Å². The van der Waals surface area contributed by atoms with E-state index in [1.807, 2.05) is 6.26 Å². The van der Waals surface area contributed by atoms with Crippen LogP contribution in [0.25, 0.3) is 0 Å². The van der Waals surface area contributed by atoms with Gasteiger partial charge in [-0.1, -0.05) is 17.7 Å². The third-order valence-corrected chi connectivity index (χ3v) is 3.22. The highest BCUT2D eigenvalue weighted by atomic mass is 35.5. The molecule has 0 unspecified atom stereocenters. The number of carbonyl (C=O) groups excluding carboxylic acids is 1. The zero-order chi connectivity index (χ0) is 14.1. The quantitative estimate of drug-likeness (QED) is 0.750. The molecule has 1 rings (SSSR count). The largest absolute Gasteiger partial charge is 0.487 e. The average molecular weight is 304 g/mol. The molecule has 1 N–H and O–H groups in total. The second kappa shape index (κ2) is 9.07. The van der Waals surface area contributed by atoms with Crippen LogP contribution in [0.3, 0.4) is 0 Å². The summed E-state index contributed by atoms with van der Waals surface area (Å²) < 4.78 is 10.5. The Labute approximate surface area is 122 Å². The van der Waals surface area contributed by atoms with E-state index in [2.05, 4.69) is 5.32 Å². The number of thioether (sulfide) groups is 1. The minimum Gasteiger partial charge on any atom is -0.487 e. The normalized spacial score (nSPS) is 10.3. The molecule has 0 saturated carbocycles. The first-order chi connectivity index (χ1) is 9.19. The maximum absolute atomic E-state index is 11.7. The van der Waals surface area contributed by atoms with Gasteiger partial charge in [0.15, 0.2) is 5.75 Å². The lowest BCUT2D eigenvalue weighted by atomic mass is 10.2. The van der Waals surface area contributed by atoms with E-state index in [1.54, 1.807) is 37.1 Å². The summed E-state index contributed by atoms with van der Waals surface area (Å²) >= 11 is 7.70. The molecule has 0 spiro atoms. The Morgan fingerprint density at radius 1 is 1.42 bits per heavy atom. The SMILES string of the molecule is COCCOc1c(Cl)cccc1NC(=O)CCSC. The second-order valence-corrected chi connectivity index (χ2v) is 5.14. The van der Waals surface area contributed by atoms with Crippen LogP contribution in [0.1, 0.15) is 6.42 Å². The highest BCUT2D eigenvalue weighted by molar-refractivity contribution is 7.98. The van der Waals surface area contributed by atoms with E-state index < -0.39 is 0 Å². The monoisotopic (exact) mass is 303 g/mol. The lowest BCUT2D eigenvalue weighted by molar-refractivity contribution is -0.115. The van der Waals surface area contributed by atoms with E-state index in [-0.39, 0.29) is 5.91 Å². The van der Waals surface area contributed by atoms with Gasteiger partial charge in [-0.3, -0.25) is 4.79 Å². The summed E-state index contributed by atoms with van der Waals surface area (Å²) in [7, 11) is 1.60. The van der Waals surface area contributed by atoms with Crippen LogP contribution in [0.5, 0.6) is 5.75 Å². The molecule has 106 valence electrons. The van der Waals surface area contributed by atoms with E-state index in [0.29, 0.717) is 36.1 Å². The lowest BCUT2D eigenvalue weighted by Gasteiger charge is -2.13. The number of ether oxygens (including phenoxy) is 2. The number of anilines is 1. The van der Waals surface area contributed by atoms with E-state index in [9.17, 15) is 4.79 Å². The van der Waals surface area contributed by atoms with Gasteiger partial charge in [0.2, 0.25) is 5.91 Å². The van der Waals surface area contributed by atoms with Crippen molar-refractivity contribution < 1.29 is 14.3 Å². The van der Waals surface area contributed by atoms with Gasteiger partial charge in [-0.2, -0.15) is 11.8 Å². The van der Waals surface area contributed by atoms with Crippen molar-refractivity contribution in [1.82, 2.24) is 0 Å². The van der Waals surface area contributed by atoms with Gasteiger partial charge in [0.25, 0.3) is 0 Å². The summed E-state index contributed by atoms with van der Waals surface area (Å²) in [4.78, 5) is 11.7. The minimum atomic E-state index is -0.0480. The first-order valence-electron chi connectivity index (χ1n) is 5.88. The van der Waals surface area contributed by atoms with Crippen LogP contribution in [0.15, 0.2) is 18.2 Å². The number of hydrogen-bond donors (Lipinski definition) is 1. The number of carbonyl (C=O) groups is 1. The van der Waals surface area contributed by atoms with Gasteiger partial charge < -0.3 is 14.8 Å². The molecule has 0 aliphatic heterocycles. The first-order valence-corrected chi connectivity index (χ1v) is 7.65. The minimum absolute atomic E-state index is 0.0480. The molecule has 0 heterocycles. The van der Waals surface area contributed by atoms with Crippen LogP contribution in [0.2, 0.25) is 5.02 Å². The van der Waals surface area contributed by atoms with E-state index in [0.717, 1.165) is 5.75 Å². The molecule has 0 aliphatic rings. The van der Waals surface area contributed by atoms with Crippen molar-refractivity contribution in [2.24, 2.45) is 0 Å². The summed E-state index contributed by atoms with van der Waals surface area (Å²) in [6, 6.07) is 5.27. The predicted molar refractivity (Wildman–Crippen MR) is 80.5 cm³/mol. The molecule has 0 aromatic heterocycles. The maximum atomic E-state index is 11.7. The zero-order valence-electron chi connectivity index (χ0n) is 11.1. The molecule has 1 aromatic carbocycles. The molecule has 1 aromatic rings. The number of amides is 1. The Hall–Kier alpha value is -0.910. The summed E-state index contributed by atoms with van der Waals surface area (Å²) in [5, 5.41) is 3.28. The van der Waals surface area contributed by atoms with Crippen LogP contribution in [0.4, 0.5) is 5.69 Å². The predicted octanol–water partition coefficient (Wildman–Crippen LogP) is 3.06. The molecule has 19 heavy (non-hydrogen) atoms. The van der Waals surface area contributed by atoms with Crippen LogP contribution >= 0.6 is 23.4 Å². The molecule has 0 fully saturated rings. The molecular weight excluding hydrogens is 286 g/mol. The van der Waals surface area contributed by atoms with Gasteiger partial charge in [0.05, 0.1) is 17.3 Å². The van der Waals surface area contributed by atoms with Crippen LogP contribution in [0, 0.1) is 0 Å². The molecule has 0 atom stereocenters. The number of nitrogens with one attached hydrogen (secondary N) is 1. The van der Waals surface area contributed by atoms with Crippen molar-refractivity contribution in [2.45, 2.75) is 6.42 Å². The number of methoxy groups -OCH3 is 1. The Morgan fingerprint density at radius 3 is 2.89 bits per heavy atom. The van der Waals surface area contributed by atoms with E-state index in [4.69, 9.17) is 21.1 Å². The topological polar surface area (TPSA) is 47.6 Å². The number of halogens is 1. The highest BCUT2D eigenvalue weighted by Crippen LogP contribution is 2.32. The summed E-state index contributed by atoms with van der Waals surface area (Å²) in [6.07, 6.45) is 2.43. The van der Waals surface area contributed by atoms with Gasteiger partial charge in [0, 0.05) is 19.3 Å². The number of hydrogen-bond acceptors (Lipinski definition) is 4. The Balaban J connectivity index is 2.70. The molecular formula is C13H18ClNO3S. The second-order valence-electron chi connectivity index (χ2n) is 3.75. The van der Waals surface area contributed by atoms with Crippen LogP contribution in [-0.4, -0.2) is 38.2 Å². The van der Waals surface area contributed by atoms with Crippen molar-refractivity contribution in [3.8, 4) is 5.75 Å². The smallest absolute Gasteiger partial charge is 0.225 e. The van der Waals surface area contributed by atoms with Crippen molar-refractivity contribution in [1.29, 1.82) is 0 Å². The number of para-hydroxylation sites is 1. The standard InChI is InChI=1S/C13H18ClNO3S/c1-17-7-8-18-13-10(14)4-3-5-11(13)15-12(16)6-9-19-2/h3-5H,6-9H2,1-2H3,(H,15,16). The summed E-state index contributed by atoms with van der Waals surface area (Å²) in [6.45, 7) is 0.846. The lowest BCUT2D eigenvalue weighted by Crippen LogP contribution is -2.14. The molecule has 1 amide bonds. The Bertz CT molecular complexity index is 415. The average Bonchev–Trinajstić information content (AvgIpc) is 2.39. The third-order valence-electron chi connectivity index (χ3n) is 2.31. The Morgan fingerprint density at radius 2 is 2.21 bits per heavy atom. The van der Waals surface area contributed by atoms with Crippen molar-refractivity contribution in [2.75, 3.05) is 37.6 Å². The van der Waals surface area contributed by atoms with Gasteiger partial charge in [-0.25, -0.2) is 0 Å². The summed E-state index contributed by atoms with van der Waals surface area (Å²) in [5.74, 6) is 1.22. The fourth-order valence-electron chi connectivity index (χ4n) is 1.39. The Kier molecular flexibility index (Phi) is 7.70. The van der Waals surface area contributed by atoms with E-state index >= 15 is 0 Å². The molecule has 0 radical (unpaired) electrons. The van der Waals surface area contributed by atoms with Gasteiger partial charge in [0.1, 0.15) is 6.61 Å². The van der Waals surface area contributed by atoms with Crippen LogP contribution in [-0.2, 0) is 9.53 Å². The van der Waals surface area contributed by atoms with Crippen molar-refractivity contribution >= 4 is 35.0 Å². The fourth-order valence-corrected chi connectivity index (χ4v) is 2.01. The molecule has 0 aliphatic carbocycles. The molecule has 4 nitrogen and oxygen atoms in total. The molecule has 0 bridgehead atoms.